The van der Waals surface area contributed by atoms with Crippen molar-refractivity contribution in [1.29, 1.82) is 0 Å². The lowest BCUT2D eigenvalue weighted by atomic mass is 10.2. The van der Waals surface area contributed by atoms with Gasteiger partial charge >= 0.3 is 12.0 Å². The maximum Gasteiger partial charge on any atom is 0.325 e. The number of carbonyl (C=O) groups is 2. The van der Waals surface area contributed by atoms with E-state index in [1.54, 1.807) is 4.90 Å². The molecule has 6 heteroatoms. The highest BCUT2D eigenvalue weighted by molar-refractivity contribution is 5.82. The third-order valence-corrected chi connectivity index (χ3v) is 2.95. The van der Waals surface area contributed by atoms with Crippen molar-refractivity contribution in [3.8, 4) is 5.75 Å². The molecule has 0 aromatic heterocycles. The lowest BCUT2D eigenvalue weighted by molar-refractivity contribution is -0.138. The molecule has 1 aromatic rings. The Morgan fingerprint density at radius 1 is 1.42 bits per heavy atom. The van der Waals surface area contributed by atoms with Gasteiger partial charge in [0.1, 0.15) is 18.4 Å². The van der Waals surface area contributed by atoms with Gasteiger partial charge in [-0.15, -0.1) is 0 Å². The number of nitrogens with zero attached hydrogens (tertiary/aromatic N) is 1. The Morgan fingerprint density at radius 3 is 2.89 bits per heavy atom. The molecule has 19 heavy (non-hydrogen) atoms. The van der Waals surface area contributed by atoms with Crippen molar-refractivity contribution in [2.45, 2.75) is 19.5 Å². The first-order valence-corrected chi connectivity index (χ1v) is 6.07. The van der Waals surface area contributed by atoms with Crippen molar-refractivity contribution in [2.75, 3.05) is 13.2 Å². The Morgan fingerprint density at radius 2 is 2.16 bits per heavy atom. The minimum atomic E-state index is -1.06. The number of urea groups is 1. The number of benzene rings is 1. The summed E-state index contributed by atoms with van der Waals surface area (Å²) in [5.41, 5.74) is 0.915. The van der Waals surface area contributed by atoms with Crippen LogP contribution in [0.4, 0.5) is 4.79 Å². The van der Waals surface area contributed by atoms with Crippen LogP contribution in [-0.2, 0) is 11.3 Å². The van der Waals surface area contributed by atoms with E-state index in [0.29, 0.717) is 19.7 Å². The Bertz CT molecular complexity index is 489. The molecule has 1 aromatic carbocycles. The van der Waals surface area contributed by atoms with Crippen molar-refractivity contribution < 1.29 is 19.4 Å². The average molecular weight is 264 g/mol. The number of carboxylic acids is 1. The molecule has 0 saturated heterocycles. The zero-order chi connectivity index (χ0) is 13.8. The Kier molecular flexibility index (Phi) is 3.89. The molecule has 0 radical (unpaired) electrons. The highest BCUT2D eigenvalue weighted by Crippen LogP contribution is 2.22. The van der Waals surface area contributed by atoms with Crippen molar-refractivity contribution >= 4 is 12.0 Å². The Balaban J connectivity index is 2.06. The third kappa shape index (κ3) is 3.15. The van der Waals surface area contributed by atoms with E-state index >= 15 is 0 Å². The van der Waals surface area contributed by atoms with Gasteiger partial charge in [0.15, 0.2) is 0 Å². The molecule has 0 aliphatic carbocycles. The second-order valence-electron chi connectivity index (χ2n) is 4.39. The van der Waals surface area contributed by atoms with E-state index in [1.165, 1.54) is 6.92 Å². The smallest absolute Gasteiger partial charge is 0.325 e. The summed E-state index contributed by atoms with van der Waals surface area (Å²) in [4.78, 5) is 24.2. The van der Waals surface area contributed by atoms with Crippen molar-refractivity contribution in [1.82, 2.24) is 10.2 Å². The zero-order valence-corrected chi connectivity index (χ0v) is 10.6. The highest BCUT2D eigenvalue weighted by Gasteiger charge is 2.22. The predicted molar refractivity (Wildman–Crippen MR) is 68.0 cm³/mol. The number of rotatable bonds is 2. The lowest BCUT2D eigenvalue weighted by Gasteiger charge is -2.21. The monoisotopic (exact) mass is 264 g/mol. The van der Waals surface area contributed by atoms with E-state index < -0.39 is 18.0 Å². The van der Waals surface area contributed by atoms with E-state index in [1.807, 2.05) is 24.3 Å². The molecule has 1 heterocycles. The van der Waals surface area contributed by atoms with Gasteiger partial charge in [0.25, 0.3) is 0 Å². The molecule has 0 fully saturated rings. The number of carbonyl (C=O) groups excluding carboxylic acids is 1. The van der Waals surface area contributed by atoms with Gasteiger partial charge in [0, 0.05) is 5.56 Å². The van der Waals surface area contributed by atoms with Crippen LogP contribution in [0.1, 0.15) is 12.5 Å². The number of para-hydroxylation sites is 1. The van der Waals surface area contributed by atoms with Gasteiger partial charge in [0.05, 0.1) is 13.1 Å². The molecule has 102 valence electrons. The first-order valence-electron chi connectivity index (χ1n) is 6.07. The normalized spacial score (nSPS) is 15.7. The van der Waals surface area contributed by atoms with Crippen LogP contribution in [0.15, 0.2) is 24.3 Å². The first kappa shape index (κ1) is 13.2. The largest absolute Gasteiger partial charge is 0.491 e. The second kappa shape index (κ2) is 5.60. The zero-order valence-electron chi connectivity index (χ0n) is 10.6. The van der Waals surface area contributed by atoms with Crippen molar-refractivity contribution in [2.24, 2.45) is 0 Å². The summed E-state index contributed by atoms with van der Waals surface area (Å²) in [6, 6.07) is 6.20. The van der Waals surface area contributed by atoms with Gasteiger partial charge in [-0.05, 0) is 13.0 Å². The second-order valence-corrected chi connectivity index (χ2v) is 4.39. The van der Waals surface area contributed by atoms with Gasteiger partial charge in [-0.25, -0.2) is 4.79 Å². The maximum absolute atomic E-state index is 12.0. The van der Waals surface area contributed by atoms with Crippen molar-refractivity contribution in [3.63, 3.8) is 0 Å². The number of fused-ring (bicyclic) bond motifs is 1. The van der Waals surface area contributed by atoms with E-state index in [2.05, 4.69) is 5.32 Å². The molecule has 1 atom stereocenters. The molecule has 0 saturated carbocycles. The highest BCUT2D eigenvalue weighted by atomic mass is 16.5. The fraction of sp³-hybridized carbons (Fsp3) is 0.385. The molecular formula is C13H16N2O4. The molecule has 0 spiro atoms. The third-order valence-electron chi connectivity index (χ3n) is 2.95. The molecule has 2 N–H and O–H groups in total. The number of aliphatic carboxylic acids is 1. The summed E-state index contributed by atoms with van der Waals surface area (Å²) in [5.74, 6) is -0.288. The van der Waals surface area contributed by atoms with Crippen molar-refractivity contribution in [3.05, 3.63) is 29.8 Å². The van der Waals surface area contributed by atoms with Crippen LogP contribution in [0.2, 0.25) is 0 Å². The van der Waals surface area contributed by atoms with E-state index in [9.17, 15) is 9.59 Å². The lowest BCUT2D eigenvalue weighted by Crippen LogP contribution is -2.46. The summed E-state index contributed by atoms with van der Waals surface area (Å²) in [6.45, 7) is 2.66. The summed E-state index contributed by atoms with van der Waals surface area (Å²) < 4.78 is 5.54. The van der Waals surface area contributed by atoms with Gasteiger partial charge < -0.3 is 20.1 Å². The molecule has 2 rings (SSSR count). The number of carboxylic acid groups (broad SMARTS) is 1. The number of hydrogen-bond donors (Lipinski definition) is 2. The molecule has 6 nitrogen and oxygen atoms in total. The fourth-order valence-electron chi connectivity index (χ4n) is 1.84. The van der Waals surface area contributed by atoms with Gasteiger partial charge in [0.2, 0.25) is 0 Å². The summed E-state index contributed by atoms with van der Waals surface area (Å²) in [6.07, 6.45) is 0. The van der Waals surface area contributed by atoms with Crippen LogP contribution in [0, 0.1) is 0 Å². The average Bonchev–Trinajstić information content (AvgIpc) is 2.60. The summed E-state index contributed by atoms with van der Waals surface area (Å²) in [7, 11) is 0. The van der Waals surface area contributed by atoms with Gasteiger partial charge in [-0.2, -0.15) is 0 Å². The molecule has 1 unspecified atom stereocenters. The minimum Gasteiger partial charge on any atom is -0.491 e. The van der Waals surface area contributed by atoms with Crippen LogP contribution < -0.4 is 10.1 Å². The summed E-state index contributed by atoms with van der Waals surface area (Å²) in [5, 5.41) is 11.2. The molecule has 1 aliphatic rings. The van der Waals surface area contributed by atoms with Gasteiger partial charge in [-0.1, -0.05) is 18.2 Å². The van der Waals surface area contributed by atoms with E-state index in [0.717, 1.165) is 11.3 Å². The standard InChI is InChI=1S/C13H16N2O4/c1-9(12(16)17)14-13(18)15-6-7-19-11-5-3-2-4-10(11)8-15/h2-5,9H,6-8H2,1H3,(H,14,18)(H,16,17). The van der Waals surface area contributed by atoms with Crippen LogP contribution in [-0.4, -0.2) is 41.2 Å². The van der Waals surface area contributed by atoms with Crippen LogP contribution in [0.5, 0.6) is 5.75 Å². The quantitative estimate of drug-likeness (QED) is 0.837. The molecular weight excluding hydrogens is 248 g/mol. The van der Waals surface area contributed by atoms with Gasteiger partial charge in [-0.3, -0.25) is 4.79 Å². The minimum absolute atomic E-state index is 0.393. The SMILES string of the molecule is CC(NC(=O)N1CCOc2ccccc2C1)C(=O)O. The fourth-order valence-corrected chi connectivity index (χ4v) is 1.84. The van der Waals surface area contributed by atoms with Crippen LogP contribution in [0.25, 0.3) is 0 Å². The Hall–Kier alpha value is -2.24. The molecule has 1 aliphatic heterocycles. The van der Waals surface area contributed by atoms with Crippen LogP contribution in [0.3, 0.4) is 0 Å². The number of hydrogen-bond acceptors (Lipinski definition) is 3. The Labute approximate surface area is 111 Å². The number of ether oxygens (including phenoxy) is 1. The van der Waals surface area contributed by atoms with E-state index in [4.69, 9.17) is 9.84 Å². The van der Waals surface area contributed by atoms with Crippen LogP contribution >= 0.6 is 0 Å². The summed E-state index contributed by atoms with van der Waals surface area (Å²) >= 11 is 0. The number of nitrogens with one attached hydrogen (secondary N) is 1. The predicted octanol–water partition coefficient (Wildman–Crippen LogP) is 1.06. The molecule has 2 amide bonds. The topological polar surface area (TPSA) is 78.9 Å². The first-order chi connectivity index (χ1) is 9.08. The molecule has 0 bridgehead atoms. The maximum atomic E-state index is 12.0. The number of amides is 2. The van der Waals surface area contributed by atoms with E-state index in [-0.39, 0.29) is 0 Å².